The van der Waals surface area contributed by atoms with Gasteiger partial charge in [-0.15, -0.1) is 0 Å². The first-order valence-corrected chi connectivity index (χ1v) is 7.74. The fourth-order valence-corrected chi connectivity index (χ4v) is 2.82. The van der Waals surface area contributed by atoms with E-state index in [2.05, 4.69) is 12.2 Å². The lowest BCUT2D eigenvalue weighted by Crippen LogP contribution is -2.31. The Balaban J connectivity index is 1.64. The van der Waals surface area contributed by atoms with E-state index in [0.717, 1.165) is 24.6 Å². The zero-order chi connectivity index (χ0) is 14.4. The molecule has 0 bridgehead atoms. The van der Waals surface area contributed by atoms with Crippen LogP contribution in [0.2, 0.25) is 0 Å². The monoisotopic (exact) mass is 274 g/mol. The molecule has 0 spiro atoms. The molecule has 0 unspecified atom stereocenters. The Morgan fingerprint density at radius 3 is 2.50 bits per heavy atom. The first-order valence-electron chi connectivity index (χ1n) is 7.74. The molecule has 0 heterocycles. The predicted octanol–water partition coefficient (Wildman–Crippen LogP) is 3.14. The Kier molecular flexibility index (Phi) is 5.45. The summed E-state index contributed by atoms with van der Waals surface area (Å²) in [4.78, 5) is 11.9. The van der Waals surface area contributed by atoms with Gasteiger partial charge in [0.15, 0.2) is 0 Å². The summed E-state index contributed by atoms with van der Waals surface area (Å²) in [5.41, 5.74) is 7.58. The van der Waals surface area contributed by atoms with Gasteiger partial charge in [0.05, 0.1) is 0 Å². The van der Waals surface area contributed by atoms with Crippen molar-refractivity contribution < 1.29 is 4.79 Å². The normalized spacial score (nSPS) is 22.4. The lowest BCUT2D eigenvalue weighted by molar-refractivity contribution is -0.121. The van der Waals surface area contributed by atoms with Gasteiger partial charge >= 0.3 is 0 Å². The maximum absolute atomic E-state index is 11.9. The molecule has 1 aromatic rings. The molecule has 3 heteroatoms. The number of hydrogen-bond donors (Lipinski definition) is 2. The average Bonchev–Trinajstić information content (AvgIpc) is 2.46. The van der Waals surface area contributed by atoms with E-state index in [1.807, 2.05) is 24.3 Å². The van der Waals surface area contributed by atoms with Gasteiger partial charge in [0.2, 0.25) is 5.91 Å². The van der Waals surface area contributed by atoms with E-state index in [4.69, 9.17) is 5.73 Å². The van der Waals surface area contributed by atoms with Crippen molar-refractivity contribution in [3.8, 4) is 0 Å². The molecule has 1 amide bonds. The fourth-order valence-electron chi connectivity index (χ4n) is 2.82. The third-order valence-corrected chi connectivity index (χ3v) is 4.34. The van der Waals surface area contributed by atoms with Crippen molar-refractivity contribution in [2.24, 2.45) is 11.8 Å². The standard InChI is InChI=1S/C17H26N2O/c1-13-2-4-15(5-3-13)12-19-17(20)11-8-14-6-9-16(18)10-7-14/h6-7,9-10,13,15H,2-5,8,11-12,18H2,1H3,(H,19,20). The number of aryl methyl sites for hydroxylation is 1. The molecule has 0 aromatic heterocycles. The minimum absolute atomic E-state index is 0.167. The molecular formula is C17H26N2O. The van der Waals surface area contributed by atoms with Crippen molar-refractivity contribution in [1.82, 2.24) is 5.32 Å². The van der Waals surface area contributed by atoms with Crippen LogP contribution in [0.4, 0.5) is 5.69 Å². The number of benzene rings is 1. The van der Waals surface area contributed by atoms with Gasteiger partial charge in [-0.3, -0.25) is 4.79 Å². The largest absolute Gasteiger partial charge is 0.399 e. The topological polar surface area (TPSA) is 55.1 Å². The molecule has 1 fully saturated rings. The average molecular weight is 274 g/mol. The van der Waals surface area contributed by atoms with Crippen molar-refractivity contribution in [3.05, 3.63) is 29.8 Å². The van der Waals surface area contributed by atoms with Crippen molar-refractivity contribution in [1.29, 1.82) is 0 Å². The van der Waals surface area contributed by atoms with Crippen LogP contribution in [-0.4, -0.2) is 12.5 Å². The Bertz CT molecular complexity index is 419. The van der Waals surface area contributed by atoms with Crippen LogP contribution in [0.25, 0.3) is 0 Å². The number of nitrogens with two attached hydrogens (primary N) is 1. The number of nitrogens with one attached hydrogen (secondary N) is 1. The number of rotatable bonds is 5. The highest BCUT2D eigenvalue weighted by Crippen LogP contribution is 2.27. The highest BCUT2D eigenvalue weighted by molar-refractivity contribution is 5.76. The van der Waals surface area contributed by atoms with Crippen LogP contribution in [0.15, 0.2) is 24.3 Å². The molecule has 3 nitrogen and oxygen atoms in total. The van der Waals surface area contributed by atoms with Crippen molar-refractivity contribution in [2.75, 3.05) is 12.3 Å². The van der Waals surface area contributed by atoms with Crippen LogP contribution >= 0.6 is 0 Å². The quantitative estimate of drug-likeness (QED) is 0.810. The summed E-state index contributed by atoms with van der Waals surface area (Å²) in [6, 6.07) is 7.75. The minimum Gasteiger partial charge on any atom is -0.399 e. The third-order valence-electron chi connectivity index (χ3n) is 4.34. The molecule has 1 saturated carbocycles. The van der Waals surface area contributed by atoms with Gasteiger partial charge in [0.1, 0.15) is 0 Å². The minimum atomic E-state index is 0.167. The second-order valence-corrected chi connectivity index (χ2v) is 6.17. The number of carbonyl (C=O) groups excluding carboxylic acids is 1. The van der Waals surface area contributed by atoms with E-state index in [-0.39, 0.29) is 5.91 Å². The van der Waals surface area contributed by atoms with E-state index in [9.17, 15) is 4.79 Å². The van der Waals surface area contributed by atoms with Gasteiger partial charge in [-0.25, -0.2) is 0 Å². The molecule has 1 aliphatic carbocycles. The Labute approximate surface area is 121 Å². The molecule has 1 aliphatic rings. The van der Waals surface area contributed by atoms with Crippen LogP contribution in [0, 0.1) is 11.8 Å². The van der Waals surface area contributed by atoms with Crippen LogP contribution in [0.5, 0.6) is 0 Å². The van der Waals surface area contributed by atoms with Gasteiger partial charge in [-0.2, -0.15) is 0 Å². The first kappa shape index (κ1) is 14.9. The Morgan fingerprint density at radius 2 is 1.85 bits per heavy atom. The van der Waals surface area contributed by atoms with E-state index < -0.39 is 0 Å². The zero-order valence-electron chi connectivity index (χ0n) is 12.4. The smallest absolute Gasteiger partial charge is 0.220 e. The molecule has 1 aromatic carbocycles. The van der Waals surface area contributed by atoms with E-state index in [1.165, 1.54) is 31.2 Å². The molecule has 0 saturated heterocycles. The van der Waals surface area contributed by atoms with Gasteiger partial charge in [0.25, 0.3) is 0 Å². The van der Waals surface area contributed by atoms with Gasteiger partial charge < -0.3 is 11.1 Å². The van der Waals surface area contributed by atoms with Crippen molar-refractivity contribution in [2.45, 2.75) is 45.4 Å². The predicted molar refractivity (Wildman–Crippen MR) is 83.3 cm³/mol. The Morgan fingerprint density at radius 1 is 1.20 bits per heavy atom. The maximum atomic E-state index is 11.9. The number of nitrogen functional groups attached to an aromatic ring is 1. The summed E-state index contributed by atoms with van der Waals surface area (Å²) in [7, 11) is 0. The SMILES string of the molecule is CC1CCC(CNC(=O)CCc2ccc(N)cc2)CC1. The summed E-state index contributed by atoms with van der Waals surface area (Å²) in [5, 5.41) is 3.09. The third kappa shape index (κ3) is 4.87. The number of carbonyl (C=O) groups is 1. The van der Waals surface area contributed by atoms with Gasteiger partial charge in [-0.05, 0) is 48.8 Å². The Hall–Kier alpha value is -1.51. The maximum Gasteiger partial charge on any atom is 0.220 e. The van der Waals surface area contributed by atoms with Crippen LogP contribution in [0.3, 0.4) is 0 Å². The molecule has 0 atom stereocenters. The van der Waals surface area contributed by atoms with E-state index in [1.54, 1.807) is 0 Å². The molecule has 110 valence electrons. The van der Waals surface area contributed by atoms with Gasteiger partial charge in [0, 0.05) is 18.7 Å². The summed E-state index contributed by atoms with van der Waals surface area (Å²) in [5.74, 6) is 1.72. The summed E-state index contributed by atoms with van der Waals surface area (Å²) < 4.78 is 0. The second-order valence-electron chi connectivity index (χ2n) is 6.17. The fraction of sp³-hybridized carbons (Fsp3) is 0.588. The lowest BCUT2D eigenvalue weighted by Gasteiger charge is -2.26. The molecule has 0 aliphatic heterocycles. The van der Waals surface area contributed by atoms with Crippen molar-refractivity contribution in [3.63, 3.8) is 0 Å². The lowest BCUT2D eigenvalue weighted by atomic mass is 9.83. The molecule has 0 radical (unpaired) electrons. The second kappa shape index (κ2) is 7.32. The number of anilines is 1. The highest BCUT2D eigenvalue weighted by atomic mass is 16.1. The highest BCUT2D eigenvalue weighted by Gasteiger charge is 2.18. The molecule has 2 rings (SSSR count). The van der Waals surface area contributed by atoms with Crippen LogP contribution in [-0.2, 0) is 11.2 Å². The van der Waals surface area contributed by atoms with E-state index >= 15 is 0 Å². The van der Waals surface area contributed by atoms with E-state index in [0.29, 0.717) is 12.3 Å². The number of amides is 1. The molecular weight excluding hydrogens is 248 g/mol. The van der Waals surface area contributed by atoms with Crippen LogP contribution < -0.4 is 11.1 Å². The summed E-state index contributed by atoms with van der Waals surface area (Å²) in [6.07, 6.45) is 6.50. The molecule has 20 heavy (non-hydrogen) atoms. The zero-order valence-corrected chi connectivity index (χ0v) is 12.4. The van der Waals surface area contributed by atoms with Gasteiger partial charge in [-0.1, -0.05) is 31.9 Å². The molecule has 3 N–H and O–H groups in total. The summed E-state index contributed by atoms with van der Waals surface area (Å²) >= 11 is 0. The van der Waals surface area contributed by atoms with Crippen molar-refractivity contribution >= 4 is 11.6 Å². The summed E-state index contributed by atoms with van der Waals surface area (Å²) in [6.45, 7) is 3.18. The number of hydrogen-bond acceptors (Lipinski definition) is 2. The first-order chi connectivity index (χ1) is 9.63. The van der Waals surface area contributed by atoms with Crippen LogP contribution in [0.1, 0.15) is 44.6 Å².